The van der Waals surface area contributed by atoms with E-state index in [1.807, 2.05) is 24.4 Å². The van der Waals surface area contributed by atoms with E-state index < -0.39 is 0 Å². The zero-order chi connectivity index (χ0) is 19.8. The largest absolute Gasteiger partial charge is 0.392 e. The van der Waals surface area contributed by atoms with Gasteiger partial charge in [0, 0.05) is 10.8 Å². The minimum atomic E-state index is -0.0626. The molecule has 0 radical (unpaired) electrons. The van der Waals surface area contributed by atoms with E-state index in [4.69, 9.17) is 5.73 Å². The lowest BCUT2D eigenvalue weighted by molar-refractivity contribution is 0.282. The lowest BCUT2D eigenvalue weighted by Gasteiger charge is -2.17. The van der Waals surface area contributed by atoms with Crippen LogP contribution in [0.2, 0.25) is 0 Å². The summed E-state index contributed by atoms with van der Waals surface area (Å²) < 4.78 is 0.717. The van der Waals surface area contributed by atoms with Gasteiger partial charge in [-0.1, -0.05) is 37.3 Å². The summed E-state index contributed by atoms with van der Waals surface area (Å²) in [4.78, 5) is 15.5. The number of hydrogen-bond acceptors (Lipinski definition) is 4. The molecule has 0 fully saturated rings. The van der Waals surface area contributed by atoms with Crippen molar-refractivity contribution < 1.29 is 5.11 Å². The molecule has 4 rings (SSSR count). The van der Waals surface area contributed by atoms with Crippen molar-refractivity contribution in [2.75, 3.05) is 6.54 Å². The van der Waals surface area contributed by atoms with Crippen molar-refractivity contribution in [2.45, 2.75) is 32.8 Å². The molecule has 6 heteroatoms. The minimum Gasteiger partial charge on any atom is -0.392 e. The average Bonchev–Trinajstić information content (AvgIpc) is 3.21. The zero-order valence-electron chi connectivity index (χ0n) is 16.5. The fourth-order valence-corrected chi connectivity index (χ4v) is 4.88. The van der Waals surface area contributed by atoms with Crippen LogP contribution in [0.1, 0.15) is 36.0 Å². The van der Waals surface area contributed by atoms with Crippen LogP contribution in [-0.4, -0.2) is 16.6 Å². The topological polar surface area (TPSA) is 79.1 Å². The summed E-state index contributed by atoms with van der Waals surface area (Å²) in [6.45, 7) is 4.68. The monoisotopic (exact) mass is 428 g/mol. The maximum atomic E-state index is 12.5. The van der Waals surface area contributed by atoms with Gasteiger partial charge in [0.2, 0.25) is 0 Å². The number of nitrogens with two attached hydrogens (primary N) is 1. The van der Waals surface area contributed by atoms with Crippen molar-refractivity contribution in [2.24, 2.45) is 5.73 Å². The number of rotatable bonds is 5. The van der Waals surface area contributed by atoms with E-state index in [2.05, 4.69) is 36.2 Å². The van der Waals surface area contributed by atoms with E-state index in [0.29, 0.717) is 17.2 Å². The van der Waals surface area contributed by atoms with E-state index >= 15 is 0 Å². The number of aromatic amines is 1. The summed E-state index contributed by atoms with van der Waals surface area (Å²) in [6.07, 6.45) is 1.00. The number of aliphatic hydroxyl groups is 1. The molecular formula is C23H25ClN2O2S. The predicted octanol–water partition coefficient (Wildman–Crippen LogP) is 5.08. The van der Waals surface area contributed by atoms with Gasteiger partial charge in [0.25, 0.3) is 5.56 Å². The molecule has 0 aliphatic heterocycles. The van der Waals surface area contributed by atoms with Gasteiger partial charge in [-0.3, -0.25) is 4.79 Å². The number of hydrogen-bond donors (Lipinski definition) is 3. The van der Waals surface area contributed by atoms with Crippen LogP contribution in [0.5, 0.6) is 0 Å². The van der Waals surface area contributed by atoms with Gasteiger partial charge in [-0.05, 0) is 65.1 Å². The molecule has 0 aliphatic rings. The third-order valence-electron chi connectivity index (χ3n) is 5.60. The van der Waals surface area contributed by atoms with Gasteiger partial charge in [0.1, 0.15) is 4.70 Å². The molecule has 4 N–H and O–H groups in total. The molecule has 4 aromatic rings. The average molecular weight is 429 g/mol. The Morgan fingerprint density at radius 2 is 1.93 bits per heavy atom. The van der Waals surface area contributed by atoms with Crippen LogP contribution >= 0.6 is 23.7 Å². The Labute approximate surface area is 179 Å². The first kappa shape index (κ1) is 21.5. The van der Waals surface area contributed by atoms with Gasteiger partial charge in [-0.15, -0.1) is 23.7 Å². The molecule has 2 aromatic carbocycles. The zero-order valence-corrected chi connectivity index (χ0v) is 18.1. The number of benzene rings is 2. The summed E-state index contributed by atoms with van der Waals surface area (Å²) in [6, 6.07) is 12.4. The molecule has 152 valence electrons. The third-order valence-corrected chi connectivity index (χ3v) is 6.52. The predicted molar refractivity (Wildman–Crippen MR) is 125 cm³/mol. The maximum absolute atomic E-state index is 12.5. The Balaban J connectivity index is 0.00000240. The van der Waals surface area contributed by atoms with Crippen molar-refractivity contribution in [3.05, 3.63) is 68.8 Å². The lowest BCUT2D eigenvalue weighted by Crippen LogP contribution is -2.11. The number of aliphatic hydroxyl groups excluding tert-OH is 1. The summed E-state index contributed by atoms with van der Waals surface area (Å²) in [5, 5.41) is 14.0. The Bertz CT molecular complexity index is 1210. The Hall–Kier alpha value is -2.18. The van der Waals surface area contributed by atoms with Crippen molar-refractivity contribution >= 4 is 44.7 Å². The molecule has 2 aromatic heterocycles. The first-order valence-electron chi connectivity index (χ1n) is 9.55. The summed E-state index contributed by atoms with van der Waals surface area (Å²) >= 11 is 1.44. The van der Waals surface area contributed by atoms with Gasteiger partial charge in [-0.2, -0.15) is 0 Å². The highest BCUT2D eigenvalue weighted by Crippen LogP contribution is 2.38. The second kappa shape index (κ2) is 8.67. The number of thiophene rings is 1. The highest BCUT2D eigenvalue weighted by Gasteiger charge is 2.17. The van der Waals surface area contributed by atoms with Crippen LogP contribution in [0.3, 0.4) is 0 Å². The van der Waals surface area contributed by atoms with Crippen molar-refractivity contribution in [3.63, 3.8) is 0 Å². The standard InChI is InChI=1S/C23H24N2O2S.ClH/c1-3-14(11-24)15-4-6-16(7-5-15)19-17(12-26)10-13(2)21-20(19)18-8-9-28-22(18)23(27)25-21;/h4-10,14,26H,3,11-12,24H2,1-2H3,(H,25,27);1H/t14-;/m0./s1. The molecule has 0 bridgehead atoms. The molecule has 0 saturated heterocycles. The molecule has 1 atom stereocenters. The van der Waals surface area contributed by atoms with Crippen molar-refractivity contribution in [3.8, 4) is 11.1 Å². The smallest absolute Gasteiger partial charge is 0.266 e. The van der Waals surface area contributed by atoms with Crippen molar-refractivity contribution in [1.82, 2.24) is 4.98 Å². The quantitative estimate of drug-likeness (QED) is 0.414. The Morgan fingerprint density at radius 3 is 2.55 bits per heavy atom. The Kier molecular flexibility index (Phi) is 6.44. The number of aryl methyl sites for hydroxylation is 1. The van der Waals surface area contributed by atoms with E-state index in [-0.39, 0.29) is 24.6 Å². The van der Waals surface area contributed by atoms with Crippen molar-refractivity contribution in [1.29, 1.82) is 0 Å². The number of aromatic nitrogens is 1. The fourth-order valence-electron chi connectivity index (χ4n) is 4.09. The second-order valence-corrected chi connectivity index (χ2v) is 8.13. The molecule has 0 amide bonds. The normalized spacial score (nSPS) is 12.3. The number of H-pyrrole nitrogens is 1. The van der Waals surface area contributed by atoms with Gasteiger partial charge in [0.15, 0.2) is 0 Å². The maximum Gasteiger partial charge on any atom is 0.266 e. The van der Waals surface area contributed by atoms with Gasteiger partial charge in [0.05, 0.1) is 12.1 Å². The van der Waals surface area contributed by atoms with Gasteiger partial charge < -0.3 is 15.8 Å². The fraction of sp³-hybridized carbons (Fsp3) is 0.261. The molecule has 0 spiro atoms. The first-order chi connectivity index (χ1) is 13.6. The second-order valence-electron chi connectivity index (χ2n) is 7.22. The lowest BCUT2D eigenvalue weighted by atomic mass is 9.89. The molecule has 29 heavy (non-hydrogen) atoms. The van der Waals surface area contributed by atoms with Gasteiger partial charge in [-0.25, -0.2) is 0 Å². The summed E-state index contributed by atoms with van der Waals surface area (Å²) in [5.41, 5.74) is 11.7. The van der Waals surface area contributed by atoms with Crippen LogP contribution in [0.15, 0.2) is 46.6 Å². The number of halogens is 1. The highest BCUT2D eigenvalue weighted by molar-refractivity contribution is 7.17. The van der Waals surface area contributed by atoms with Gasteiger partial charge >= 0.3 is 0 Å². The molecule has 0 aliphatic carbocycles. The van der Waals surface area contributed by atoms with Crippen LogP contribution in [0, 0.1) is 6.92 Å². The first-order valence-corrected chi connectivity index (χ1v) is 10.4. The molecule has 0 unspecified atom stereocenters. The number of fused-ring (bicyclic) bond motifs is 3. The van der Waals surface area contributed by atoms with E-state index in [1.165, 1.54) is 16.9 Å². The third kappa shape index (κ3) is 3.60. The minimum absolute atomic E-state index is 0. The molecule has 4 nitrogen and oxygen atoms in total. The SMILES string of the molecule is CC[C@@H](CN)c1ccc(-c2c(CO)cc(C)c3[nH]c(=O)c4sccc4c23)cc1.Cl. The molecular weight excluding hydrogens is 404 g/mol. The van der Waals surface area contributed by atoms with Crippen LogP contribution in [0.25, 0.3) is 32.1 Å². The molecule has 0 saturated carbocycles. The molecule has 2 heterocycles. The Morgan fingerprint density at radius 1 is 1.21 bits per heavy atom. The summed E-state index contributed by atoms with van der Waals surface area (Å²) in [5.74, 6) is 0.348. The number of pyridine rings is 1. The van der Waals surface area contributed by atoms with Crippen LogP contribution in [-0.2, 0) is 6.61 Å². The highest BCUT2D eigenvalue weighted by atomic mass is 35.5. The van der Waals surface area contributed by atoms with Crippen LogP contribution in [0.4, 0.5) is 0 Å². The van der Waals surface area contributed by atoms with E-state index in [1.54, 1.807) is 0 Å². The summed E-state index contributed by atoms with van der Waals surface area (Å²) in [7, 11) is 0. The van der Waals surface area contributed by atoms with Crippen LogP contribution < -0.4 is 11.3 Å². The van der Waals surface area contributed by atoms with E-state index in [9.17, 15) is 9.90 Å². The number of nitrogens with one attached hydrogen (secondary N) is 1. The van der Waals surface area contributed by atoms with E-state index in [0.717, 1.165) is 45.0 Å².